The van der Waals surface area contributed by atoms with Crippen molar-refractivity contribution >= 4 is 23.9 Å². The fraction of sp³-hybridized carbons (Fsp3) is 0.426. The van der Waals surface area contributed by atoms with Crippen LogP contribution in [0.25, 0.3) is 11.3 Å². The maximum absolute atomic E-state index is 14.5. The summed E-state index contributed by atoms with van der Waals surface area (Å²) in [6, 6.07) is 28.8. The normalized spacial score (nSPS) is 15.7. The number of aliphatic hydroxyl groups is 1. The Bertz CT molecular complexity index is 2050. The molecule has 0 radical (unpaired) electrons. The maximum atomic E-state index is 14.5. The molecule has 320 valence electrons. The molecule has 5 N–H and O–H groups in total. The van der Waals surface area contributed by atoms with Gasteiger partial charge in [0.05, 0.1) is 24.9 Å². The van der Waals surface area contributed by atoms with Crippen molar-refractivity contribution in [2.45, 2.75) is 97.6 Å². The number of ether oxygens (including phenoxy) is 1. The highest BCUT2D eigenvalue weighted by atomic mass is 16.5. The number of aliphatic hydroxyl groups excluding tert-OH is 1. The number of hydrogen-bond donors (Lipinski definition) is 5. The summed E-state index contributed by atoms with van der Waals surface area (Å²) in [5.41, 5.74) is 2.85. The van der Waals surface area contributed by atoms with E-state index in [-0.39, 0.29) is 24.8 Å². The van der Waals surface area contributed by atoms with Gasteiger partial charge in [0.2, 0.25) is 17.7 Å². The average Bonchev–Trinajstić information content (AvgIpc) is 3.54. The zero-order valence-corrected chi connectivity index (χ0v) is 35.7. The molecule has 5 amide bonds. The largest absolute Gasteiger partial charge is 0.481 e. The Hall–Kier alpha value is -5.95. The van der Waals surface area contributed by atoms with Crippen LogP contribution in [0.3, 0.4) is 0 Å². The number of pyridine rings is 1. The van der Waals surface area contributed by atoms with Crippen molar-refractivity contribution in [3.8, 4) is 17.1 Å². The number of nitrogens with zero attached hydrogens (tertiary/aromatic N) is 3. The van der Waals surface area contributed by atoms with E-state index in [2.05, 4.69) is 20.9 Å². The van der Waals surface area contributed by atoms with Crippen LogP contribution in [0.1, 0.15) is 64.7 Å². The molecule has 4 aromatic rings. The van der Waals surface area contributed by atoms with E-state index in [1.807, 2.05) is 118 Å². The summed E-state index contributed by atoms with van der Waals surface area (Å²) in [7, 11) is 1.55. The molecule has 0 spiro atoms. The van der Waals surface area contributed by atoms with Crippen LogP contribution in [0.4, 0.5) is 9.59 Å². The van der Waals surface area contributed by atoms with Gasteiger partial charge in [0.15, 0.2) is 0 Å². The lowest BCUT2D eigenvalue weighted by Crippen LogP contribution is -2.59. The molecule has 5 atom stereocenters. The summed E-state index contributed by atoms with van der Waals surface area (Å²) in [6.07, 6.45) is -1.95. The Balaban J connectivity index is 1.42. The number of urea groups is 1. The van der Waals surface area contributed by atoms with Gasteiger partial charge in [-0.15, -0.1) is 0 Å². The molecule has 13 heteroatoms. The first-order chi connectivity index (χ1) is 28.4. The van der Waals surface area contributed by atoms with Crippen LogP contribution in [-0.4, -0.2) is 99.4 Å². The number of carbonyl (C=O) groups is 4. The number of carbonyl (C=O) groups excluding carboxylic acids is 3. The molecule has 1 aliphatic heterocycles. The Labute approximate surface area is 353 Å². The summed E-state index contributed by atoms with van der Waals surface area (Å²) in [4.78, 5) is 62.1. The molecule has 3 aromatic carbocycles. The van der Waals surface area contributed by atoms with Gasteiger partial charge in [-0.05, 0) is 52.8 Å². The molecule has 0 bridgehead atoms. The second kappa shape index (κ2) is 19.9. The van der Waals surface area contributed by atoms with Gasteiger partial charge in [0.1, 0.15) is 12.1 Å². The van der Waals surface area contributed by atoms with Crippen LogP contribution in [0.2, 0.25) is 0 Å². The standard InChI is InChI=1S/C47H60N6O7/c1-46(2,3)40(51-44(57)58)42(55)50-37(28-32-21-23-34(24-22-32)36-19-14-20-39(49-36)60-7)38(54)29-35(27-31-15-10-8-11-16-31)48-43(56)41(47(4,5)6)53-26-25-52(45(53)59)30-33-17-12-9-13-18-33/h8-24,35,37-38,40-41,51,54H,25-30H2,1-7H3,(H,48,56)(H,50,55)(H,57,58). The summed E-state index contributed by atoms with van der Waals surface area (Å²) < 4.78 is 5.29. The van der Waals surface area contributed by atoms with Crippen molar-refractivity contribution in [1.29, 1.82) is 0 Å². The minimum Gasteiger partial charge on any atom is -0.481 e. The summed E-state index contributed by atoms with van der Waals surface area (Å²) in [5.74, 6) is -0.449. The summed E-state index contributed by atoms with van der Waals surface area (Å²) in [6.45, 7) is 12.4. The lowest BCUT2D eigenvalue weighted by Gasteiger charge is -2.38. The number of amides is 5. The molecule has 5 rings (SSSR count). The fourth-order valence-corrected chi connectivity index (χ4v) is 7.72. The number of methoxy groups -OCH3 is 1. The van der Waals surface area contributed by atoms with Crippen LogP contribution >= 0.6 is 0 Å². The third-order valence-electron chi connectivity index (χ3n) is 10.7. The first-order valence-corrected chi connectivity index (χ1v) is 20.4. The molecule has 1 fully saturated rings. The Morgan fingerprint density at radius 2 is 1.35 bits per heavy atom. The van der Waals surface area contributed by atoms with E-state index in [9.17, 15) is 29.4 Å². The van der Waals surface area contributed by atoms with Crippen molar-refractivity contribution in [2.24, 2.45) is 10.8 Å². The van der Waals surface area contributed by atoms with E-state index in [1.54, 1.807) is 43.7 Å². The number of hydrogen-bond acceptors (Lipinski definition) is 7. The molecule has 60 heavy (non-hydrogen) atoms. The number of aromatic nitrogens is 1. The molecular weight excluding hydrogens is 761 g/mol. The Kier molecular flexibility index (Phi) is 14.9. The van der Waals surface area contributed by atoms with Crippen LogP contribution in [-0.2, 0) is 29.0 Å². The van der Waals surface area contributed by atoms with Gasteiger partial charge in [-0.2, -0.15) is 0 Å². The van der Waals surface area contributed by atoms with Gasteiger partial charge in [0, 0.05) is 37.3 Å². The van der Waals surface area contributed by atoms with Crippen molar-refractivity contribution in [3.63, 3.8) is 0 Å². The molecule has 1 aliphatic rings. The van der Waals surface area contributed by atoms with E-state index in [0.29, 0.717) is 37.6 Å². The monoisotopic (exact) mass is 820 g/mol. The maximum Gasteiger partial charge on any atom is 0.405 e. The minimum atomic E-state index is -1.34. The number of benzene rings is 3. The van der Waals surface area contributed by atoms with Crippen LogP contribution in [0.5, 0.6) is 5.88 Å². The summed E-state index contributed by atoms with van der Waals surface area (Å²) in [5, 5.41) is 30.3. The quantitative estimate of drug-likeness (QED) is 0.0826. The highest BCUT2D eigenvalue weighted by Crippen LogP contribution is 2.30. The Morgan fingerprint density at radius 1 is 0.733 bits per heavy atom. The van der Waals surface area contributed by atoms with E-state index >= 15 is 0 Å². The van der Waals surface area contributed by atoms with E-state index in [0.717, 1.165) is 22.3 Å². The summed E-state index contributed by atoms with van der Waals surface area (Å²) >= 11 is 0. The van der Waals surface area contributed by atoms with Gasteiger partial charge >= 0.3 is 12.1 Å². The molecule has 1 saturated heterocycles. The van der Waals surface area contributed by atoms with Crippen LogP contribution < -0.4 is 20.7 Å². The van der Waals surface area contributed by atoms with Gasteiger partial charge in [-0.3, -0.25) is 9.59 Å². The fourth-order valence-electron chi connectivity index (χ4n) is 7.72. The molecule has 13 nitrogen and oxygen atoms in total. The topological polar surface area (TPSA) is 173 Å². The molecular formula is C47H60N6O7. The molecule has 5 unspecified atom stereocenters. The minimum absolute atomic E-state index is 0.0366. The third-order valence-corrected chi connectivity index (χ3v) is 10.7. The second-order valence-electron chi connectivity index (χ2n) is 17.7. The zero-order valence-electron chi connectivity index (χ0n) is 35.7. The predicted octanol–water partition coefficient (Wildman–Crippen LogP) is 6.30. The van der Waals surface area contributed by atoms with Gasteiger partial charge in [-0.1, -0.05) is 133 Å². The third kappa shape index (κ3) is 12.3. The van der Waals surface area contributed by atoms with Crippen molar-refractivity contribution < 1.29 is 34.1 Å². The highest BCUT2D eigenvalue weighted by molar-refractivity contribution is 5.89. The molecule has 2 heterocycles. The highest BCUT2D eigenvalue weighted by Gasteiger charge is 2.44. The van der Waals surface area contributed by atoms with Gasteiger partial charge < -0.3 is 40.7 Å². The van der Waals surface area contributed by atoms with Crippen LogP contribution in [0.15, 0.2) is 103 Å². The Morgan fingerprint density at radius 3 is 1.93 bits per heavy atom. The van der Waals surface area contributed by atoms with Gasteiger partial charge in [-0.25, -0.2) is 14.6 Å². The van der Waals surface area contributed by atoms with Crippen LogP contribution in [0, 0.1) is 10.8 Å². The number of nitrogens with one attached hydrogen (secondary N) is 3. The molecule has 0 aliphatic carbocycles. The zero-order chi connectivity index (χ0) is 43.6. The van der Waals surface area contributed by atoms with Gasteiger partial charge in [0.25, 0.3) is 0 Å². The number of rotatable bonds is 17. The lowest BCUT2D eigenvalue weighted by atomic mass is 9.84. The lowest BCUT2D eigenvalue weighted by molar-refractivity contribution is -0.130. The molecule has 0 saturated carbocycles. The number of carboxylic acid groups (broad SMARTS) is 1. The second-order valence-corrected chi connectivity index (χ2v) is 17.7. The predicted molar refractivity (Wildman–Crippen MR) is 231 cm³/mol. The van der Waals surface area contributed by atoms with E-state index in [1.165, 1.54) is 0 Å². The SMILES string of the molecule is COc1cccc(-c2ccc(CC(NC(=O)C(NC(=O)O)C(C)(C)C)C(O)CC(Cc3ccccc3)NC(=O)C(N3CCN(Cc4ccccc4)C3=O)C(C)(C)C)cc2)n1. The van der Waals surface area contributed by atoms with E-state index < -0.39 is 53.1 Å². The first kappa shape index (κ1) is 45.1. The van der Waals surface area contributed by atoms with Crippen molar-refractivity contribution in [1.82, 2.24) is 30.7 Å². The smallest absolute Gasteiger partial charge is 0.405 e. The first-order valence-electron chi connectivity index (χ1n) is 20.4. The van der Waals surface area contributed by atoms with Crippen molar-refractivity contribution in [2.75, 3.05) is 20.2 Å². The van der Waals surface area contributed by atoms with Crippen molar-refractivity contribution in [3.05, 3.63) is 120 Å². The molecule has 1 aromatic heterocycles. The average molecular weight is 821 g/mol. The van der Waals surface area contributed by atoms with E-state index in [4.69, 9.17) is 4.74 Å².